The second kappa shape index (κ2) is 7.45. The zero-order valence-corrected chi connectivity index (χ0v) is 13.0. The van der Waals surface area contributed by atoms with Gasteiger partial charge in [0.2, 0.25) is 11.8 Å². The molecule has 2 aromatic rings. The maximum Gasteiger partial charge on any atom is 0.422 e. The van der Waals surface area contributed by atoms with Crippen LogP contribution in [0.2, 0.25) is 0 Å². The number of alkyl halides is 3. The molecule has 4 N–H and O–H groups in total. The molecule has 0 radical (unpaired) electrons. The number of benzene rings is 1. The molecule has 1 aromatic carbocycles. The predicted octanol–water partition coefficient (Wildman–Crippen LogP) is 1.25. The minimum absolute atomic E-state index is 0.0524. The van der Waals surface area contributed by atoms with Gasteiger partial charge in [-0.2, -0.15) is 13.2 Å². The number of halogens is 3. The average Bonchev–Trinajstić information content (AvgIpc) is 2.91. The first-order valence-electron chi connectivity index (χ1n) is 6.63. The number of fused-ring (bicyclic) bond motifs is 1. The van der Waals surface area contributed by atoms with Gasteiger partial charge >= 0.3 is 6.18 Å². The van der Waals surface area contributed by atoms with E-state index in [-0.39, 0.29) is 24.0 Å². The lowest BCUT2D eigenvalue weighted by Gasteiger charge is -2.08. The molecule has 0 unspecified atom stereocenters. The van der Waals surface area contributed by atoms with Crippen LogP contribution in [-0.4, -0.2) is 42.7 Å². The largest absolute Gasteiger partial charge is 0.484 e. The molecule has 1 heterocycles. The Morgan fingerprint density at radius 2 is 2.04 bits per heavy atom. The number of nitrogens with zero attached hydrogens (tertiary/aromatic N) is 1. The Kier molecular flexibility index (Phi) is 5.57. The molecule has 0 spiro atoms. The lowest BCUT2D eigenvalue weighted by atomic mass is 10.3. The van der Waals surface area contributed by atoms with E-state index in [4.69, 9.17) is 5.73 Å². The number of hydrogen-bond acceptors (Lipinski definition) is 6. The van der Waals surface area contributed by atoms with E-state index in [0.717, 1.165) is 11.3 Å². The zero-order chi connectivity index (χ0) is 17.7. The second-order valence-electron chi connectivity index (χ2n) is 4.58. The number of rotatable bonds is 6. The maximum atomic E-state index is 12.1. The minimum Gasteiger partial charge on any atom is -0.484 e. The molecule has 0 aliphatic heterocycles. The summed E-state index contributed by atoms with van der Waals surface area (Å²) in [5.41, 5.74) is 5.59. The third-order valence-corrected chi connectivity index (χ3v) is 3.57. The Balaban J connectivity index is 2.00. The highest BCUT2D eigenvalue weighted by Gasteiger charge is 2.28. The van der Waals surface area contributed by atoms with Gasteiger partial charge in [-0.1, -0.05) is 11.3 Å². The third-order valence-electron chi connectivity index (χ3n) is 2.64. The molecule has 0 aliphatic rings. The van der Waals surface area contributed by atoms with Crippen molar-refractivity contribution >= 4 is 38.5 Å². The van der Waals surface area contributed by atoms with Gasteiger partial charge in [0.15, 0.2) is 11.7 Å². The van der Waals surface area contributed by atoms with Crippen LogP contribution in [-0.2, 0) is 9.59 Å². The molecule has 2 amide bonds. The molecule has 0 bridgehead atoms. The average molecular weight is 362 g/mol. The molecule has 0 saturated heterocycles. The Labute approximate surface area is 138 Å². The molecule has 11 heteroatoms. The van der Waals surface area contributed by atoms with Crippen LogP contribution in [0.25, 0.3) is 10.2 Å². The third kappa shape index (κ3) is 5.35. The standard InChI is InChI=1S/C13H13F3N4O3S/c14-13(15,16)6-23-7-1-2-8-9(3-7)24-12(19-8)20-11(22)5-18-10(21)4-17/h1-3H,4-6,17H2,(H,18,21)(H,19,20,22). The SMILES string of the molecule is NCC(=O)NCC(=O)Nc1nc2ccc(OCC(F)(F)F)cc2s1. The molecular formula is C13H13F3N4O3S. The zero-order valence-electron chi connectivity index (χ0n) is 12.1. The molecule has 24 heavy (non-hydrogen) atoms. The highest BCUT2D eigenvalue weighted by molar-refractivity contribution is 7.22. The number of aromatic nitrogens is 1. The van der Waals surface area contributed by atoms with Crippen molar-refractivity contribution in [1.29, 1.82) is 0 Å². The van der Waals surface area contributed by atoms with Crippen molar-refractivity contribution in [2.24, 2.45) is 5.73 Å². The summed E-state index contributed by atoms with van der Waals surface area (Å²) in [5.74, 6) is -0.915. The lowest BCUT2D eigenvalue weighted by Crippen LogP contribution is -2.36. The van der Waals surface area contributed by atoms with Crippen LogP contribution in [0.5, 0.6) is 5.75 Å². The summed E-state index contributed by atoms with van der Waals surface area (Å²) in [6.45, 7) is -1.87. The molecule has 7 nitrogen and oxygen atoms in total. The van der Waals surface area contributed by atoms with Gasteiger partial charge in [0, 0.05) is 0 Å². The minimum atomic E-state index is -4.42. The number of carbonyl (C=O) groups is 2. The van der Waals surface area contributed by atoms with Crippen molar-refractivity contribution in [2.45, 2.75) is 6.18 Å². The van der Waals surface area contributed by atoms with E-state index in [9.17, 15) is 22.8 Å². The van der Waals surface area contributed by atoms with Crippen LogP contribution in [0.1, 0.15) is 0 Å². The summed E-state index contributed by atoms with van der Waals surface area (Å²) >= 11 is 1.07. The van der Waals surface area contributed by atoms with E-state index in [1.807, 2.05) is 0 Å². The number of nitrogens with one attached hydrogen (secondary N) is 2. The lowest BCUT2D eigenvalue weighted by molar-refractivity contribution is -0.153. The molecule has 1 aromatic heterocycles. The topological polar surface area (TPSA) is 106 Å². The summed E-state index contributed by atoms with van der Waals surface area (Å²) < 4.78 is 41.6. The highest BCUT2D eigenvalue weighted by atomic mass is 32.1. The summed E-state index contributed by atoms with van der Waals surface area (Å²) in [6, 6.07) is 4.26. The summed E-state index contributed by atoms with van der Waals surface area (Å²) in [4.78, 5) is 26.7. The Morgan fingerprint density at radius 1 is 1.29 bits per heavy atom. The van der Waals surface area contributed by atoms with E-state index in [2.05, 4.69) is 20.4 Å². The van der Waals surface area contributed by atoms with Gasteiger partial charge in [0.1, 0.15) is 5.75 Å². The first-order chi connectivity index (χ1) is 11.3. The molecule has 0 saturated carbocycles. The smallest absolute Gasteiger partial charge is 0.422 e. The number of amides is 2. The van der Waals surface area contributed by atoms with Gasteiger partial charge in [-0.25, -0.2) is 4.98 Å². The fourth-order valence-electron chi connectivity index (χ4n) is 1.63. The number of ether oxygens (including phenoxy) is 1. The van der Waals surface area contributed by atoms with E-state index >= 15 is 0 Å². The normalized spacial score (nSPS) is 11.3. The van der Waals surface area contributed by atoms with Crippen molar-refractivity contribution < 1.29 is 27.5 Å². The van der Waals surface area contributed by atoms with Crippen LogP contribution in [0.4, 0.5) is 18.3 Å². The molecule has 130 valence electrons. The number of carbonyl (C=O) groups excluding carboxylic acids is 2. The van der Waals surface area contributed by atoms with E-state index < -0.39 is 24.6 Å². The van der Waals surface area contributed by atoms with Crippen molar-refractivity contribution in [2.75, 3.05) is 25.0 Å². The predicted molar refractivity (Wildman–Crippen MR) is 81.9 cm³/mol. The number of anilines is 1. The van der Waals surface area contributed by atoms with E-state index in [0.29, 0.717) is 10.2 Å². The van der Waals surface area contributed by atoms with Crippen LogP contribution in [0, 0.1) is 0 Å². The Morgan fingerprint density at radius 3 is 2.71 bits per heavy atom. The van der Waals surface area contributed by atoms with Gasteiger partial charge in [-0.3, -0.25) is 9.59 Å². The molecule has 0 atom stereocenters. The summed E-state index contributed by atoms with van der Waals surface area (Å²) in [6.07, 6.45) is -4.42. The summed E-state index contributed by atoms with van der Waals surface area (Å²) in [7, 11) is 0. The maximum absolute atomic E-state index is 12.1. The molecular weight excluding hydrogens is 349 g/mol. The monoisotopic (exact) mass is 362 g/mol. The van der Waals surface area contributed by atoms with Gasteiger partial charge in [-0.05, 0) is 18.2 Å². The Bertz CT molecular complexity index is 748. The molecule has 0 aliphatic carbocycles. The molecule has 0 fully saturated rings. The molecule has 2 rings (SSSR count). The first-order valence-corrected chi connectivity index (χ1v) is 7.45. The van der Waals surface area contributed by atoms with Crippen molar-refractivity contribution in [3.8, 4) is 5.75 Å². The van der Waals surface area contributed by atoms with E-state index in [1.165, 1.54) is 18.2 Å². The number of thiazole rings is 1. The highest BCUT2D eigenvalue weighted by Crippen LogP contribution is 2.29. The van der Waals surface area contributed by atoms with Gasteiger partial charge < -0.3 is 21.1 Å². The van der Waals surface area contributed by atoms with Gasteiger partial charge in [0.25, 0.3) is 0 Å². The van der Waals surface area contributed by atoms with Gasteiger partial charge in [-0.15, -0.1) is 0 Å². The van der Waals surface area contributed by atoms with Crippen LogP contribution in [0.3, 0.4) is 0 Å². The van der Waals surface area contributed by atoms with E-state index in [1.54, 1.807) is 0 Å². The van der Waals surface area contributed by atoms with Crippen LogP contribution in [0.15, 0.2) is 18.2 Å². The fourth-order valence-corrected chi connectivity index (χ4v) is 2.54. The number of hydrogen-bond donors (Lipinski definition) is 3. The fraction of sp³-hybridized carbons (Fsp3) is 0.308. The van der Waals surface area contributed by atoms with Crippen molar-refractivity contribution in [3.63, 3.8) is 0 Å². The van der Waals surface area contributed by atoms with Crippen LogP contribution >= 0.6 is 11.3 Å². The van der Waals surface area contributed by atoms with Crippen LogP contribution < -0.4 is 21.1 Å². The van der Waals surface area contributed by atoms with Gasteiger partial charge in [0.05, 0.1) is 23.3 Å². The quantitative estimate of drug-likeness (QED) is 0.717. The summed E-state index contributed by atoms with van der Waals surface area (Å²) in [5, 5.41) is 5.03. The number of nitrogens with two attached hydrogens (primary N) is 1. The van der Waals surface area contributed by atoms with Crippen molar-refractivity contribution in [1.82, 2.24) is 10.3 Å². The second-order valence-corrected chi connectivity index (χ2v) is 5.61. The Hall–Kier alpha value is -2.40. The first kappa shape index (κ1) is 17.9. The van der Waals surface area contributed by atoms with Crippen molar-refractivity contribution in [3.05, 3.63) is 18.2 Å².